The van der Waals surface area contributed by atoms with Gasteiger partial charge in [-0.2, -0.15) is 0 Å². The van der Waals surface area contributed by atoms with Crippen LogP contribution in [0, 0.1) is 6.92 Å². The van der Waals surface area contributed by atoms with Crippen molar-refractivity contribution in [1.82, 2.24) is 0 Å². The summed E-state index contributed by atoms with van der Waals surface area (Å²) in [4.78, 5) is 24.4. The molecule has 2 rings (SSSR count). The molecular formula is C19H21ClN2O3S. The number of carbonyl (C=O) groups excluding carboxylic acids is 2. The summed E-state index contributed by atoms with van der Waals surface area (Å²) in [5, 5.41) is 5.69. The Hall–Kier alpha value is -2.18. The summed E-state index contributed by atoms with van der Waals surface area (Å²) in [6.07, 6.45) is 0. The van der Waals surface area contributed by atoms with Gasteiger partial charge < -0.3 is 15.4 Å². The number of halogens is 1. The van der Waals surface area contributed by atoms with Crippen LogP contribution in [-0.4, -0.2) is 29.9 Å². The molecule has 0 aliphatic heterocycles. The van der Waals surface area contributed by atoms with Gasteiger partial charge in [0, 0.05) is 10.7 Å². The van der Waals surface area contributed by atoms with Crippen LogP contribution in [-0.2, 0) is 9.59 Å². The van der Waals surface area contributed by atoms with Gasteiger partial charge in [-0.25, -0.2) is 0 Å². The summed E-state index contributed by atoms with van der Waals surface area (Å²) in [5.41, 5.74) is 2.32. The first-order valence-electron chi connectivity index (χ1n) is 8.01. The number of rotatable bonds is 7. The molecule has 0 radical (unpaired) electrons. The van der Waals surface area contributed by atoms with Crippen LogP contribution in [0.1, 0.15) is 12.5 Å². The highest BCUT2D eigenvalue weighted by Gasteiger charge is 2.17. The Labute approximate surface area is 162 Å². The number of ether oxygens (including phenoxy) is 1. The van der Waals surface area contributed by atoms with E-state index in [1.165, 1.54) is 18.9 Å². The molecule has 26 heavy (non-hydrogen) atoms. The average molecular weight is 393 g/mol. The van der Waals surface area contributed by atoms with E-state index in [9.17, 15) is 9.59 Å². The number of methoxy groups -OCH3 is 1. The molecule has 0 aliphatic carbocycles. The fourth-order valence-corrected chi connectivity index (χ4v) is 3.06. The molecule has 7 heteroatoms. The Morgan fingerprint density at radius 1 is 1.19 bits per heavy atom. The average Bonchev–Trinajstić information content (AvgIpc) is 2.60. The highest BCUT2D eigenvalue weighted by Crippen LogP contribution is 2.28. The van der Waals surface area contributed by atoms with Gasteiger partial charge in [-0.15, -0.1) is 11.8 Å². The number of carbonyl (C=O) groups is 2. The molecule has 0 fully saturated rings. The molecule has 0 bridgehead atoms. The molecule has 0 saturated heterocycles. The third kappa shape index (κ3) is 5.97. The van der Waals surface area contributed by atoms with Crippen LogP contribution < -0.4 is 15.4 Å². The van der Waals surface area contributed by atoms with E-state index in [2.05, 4.69) is 10.6 Å². The van der Waals surface area contributed by atoms with E-state index < -0.39 is 5.25 Å². The topological polar surface area (TPSA) is 67.4 Å². The molecule has 138 valence electrons. The summed E-state index contributed by atoms with van der Waals surface area (Å²) >= 11 is 7.22. The van der Waals surface area contributed by atoms with E-state index >= 15 is 0 Å². The monoisotopic (exact) mass is 392 g/mol. The van der Waals surface area contributed by atoms with Crippen molar-refractivity contribution >= 4 is 46.6 Å². The molecule has 1 unspecified atom stereocenters. The van der Waals surface area contributed by atoms with Crippen LogP contribution in [0.3, 0.4) is 0 Å². The van der Waals surface area contributed by atoms with Gasteiger partial charge in [-0.1, -0.05) is 23.7 Å². The molecular weight excluding hydrogens is 372 g/mol. The minimum absolute atomic E-state index is 0.152. The van der Waals surface area contributed by atoms with Crippen molar-refractivity contribution in [1.29, 1.82) is 0 Å². The van der Waals surface area contributed by atoms with Gasteiger partial charge in [0.2, 0.25) is 11.8 Å². The van der Waals surface area contributed by atoms with Crippen LogP contribution in [0.2, 0.25) is 5.02 Å². The molecule has 1 atom stereocenters. The smallest absolute Gasteiger partial charge is 0.237 e. The van der Waals surface area contributed by atoms with Crippen molar-refractivity contribution in [2.24, 2.45) is 0 Å². The van der Waals surface area contributed by atoms with Gasteiger partial charge in [0.1, 0.15) is 5.75 Å². The second-order valence-electron chi connectivity index (χ2n) is 5.70. The first kappa shape index (κ1) is 20.1. The zero-order valence-corrected chi connectivity index (χ0v) is 16.4. The van der Waals surface area contributed by atoms with Crippen LogP contribution in [0.5, 0.6) is 5.75 Å². The van der Waals surface area contributed by atoms with Gasteiger partial charge in [-0.3, -0.25) is 9.59 Å². The molecule has 0 saturated carbocycles. The molecule has 2 amide bonds. The predicted octanol–water partition coefficient (Wildman–Crippen LogP) is 4.36. The van der Waals surface area contributed by atoms with Gasteiger partial charge >= 0.3 is 0 Å². The van der Waals surface area contributed by atoms with Crippen molar-refractivity contribution in [3.63, 3.8) is 0 Å². The number of aryl methyl sites for hydroxylation is 1. The van der Waals surface area contributed by atoms with Crippen LogP contribution in [0.4, 0.5) is 11.4 Å². The van der Waals surface area contributed by atoms with Gasteiger partial charge in [0.15, 0.2) is 0 Å². The number of benzene rings is 2. The fourth-order valence-electron chi connectivity index (χ4n) is 2.21. The Kier molecular flexibility index (Phi) is 7.36. The van der Waals surface area contributed by atoms with Crippen molar-refractivity contribution < 1.29 is 14.3 Å². The minimum atomic E-state index is -0.415. The van der Waals surface area contributed by atoms with Gasteiger partial charge in [-0.05, 0) is 49.7 Å². The lowest BCUT2D eigenvalue weighted by atomic mass is 10.2. The summed E-state index contributed by atoms with van der Waals surface area (Å²) < 4.78 is 5.21. The second-order valence-corrected chi connectivity index (χ2v) is 7.47. The van der Waals surface area contributed by atoms with Gasteiger partial charge in [0.25, 0.3) is 0 Å². The van der Waals surface area contributed by atoms with E-state index in [0.717, 1.165) is 11.3 Å². The summed E-state index contributed by atoms with van der Waals surface area (Å²) in [7, 11) is 1.52. The van der Waals surface area contributed by atoms with Crippen molar-refractivity contribution in [2.45, 2.75) is 19.1 Å². The maximum absolute atomic E-state index is 12.3. The Morgan fingerprint density at radius 3 is 2.65 bits per heavy atom. The second kappa shape index (κ2) is 9.50. The van der Waals surface area contributed by atoms with Crippen molar-refractivity contribution in [2.75, 3.05) is 23.5 Å². The maximum Gasteiger partial charge on any atom is 0.237 e. The third-order valence-electron chi connectivity index (χ3n) is 3.55. The molecule has 0 aliphatic rings. The lowest BCUT2D eigenvalue weighted by Gasteiger charge is -2.14. The summed E-state index contributed by atoms with van der Waals surface area (Å²) in [6.45, 7) is 3.71. The summed E-state index contributed by atoms with van der Waals surface area (Å²) in [6, 6.07) is 12.6. The van der Waals surface area contributed by atoms with E-state index in [-0.39, 0.29) is 17.6 Å². The predicted molar refractivity (Wildman–Crippen MR) is 108 cm³/mol. The third-order valence-corrected chi connectivity index (χ3v) is 4.93. The molecule has 0 heterocycles. The number of hydrogen-bond acceptors (Lipinski definition) is 4. The number of amides is 2. The van der Waals surface area contributed by atoms with E-state index in [1.807, 2.05) is 31.2 Å². The zero-order valence-electron chi connectivity index (χ0n) is 14.8. The fraction of sp³-hybridized carbons (Fsp3) is 0.263. The molecule has 2 aromatic carbocycles. The quantitative estimate of drug-likeness (QED) is 0.734. The highest BCUT2D eigenvalue weighted by atomic mass is 35.5. The molecule has 5 nitrogen and oxygen atoms in total. The molecule has 0 aromatic heterocycles. The normalized spacial score (nSPS) is 11.5. The van der Waals surface area contributed by atoms with Crippen LogP contribution in [0.15, 0.2) is 42.5 Å². The van der Waals surface area contributed by atoms with Crippen LogP contribution in [0.25, 0.3) is 0 Å². The standard InChI is InChI=1S/C19H21ClN2O3S/c1-12-5-4-6-15(9-12)21-18(23)11-26-13(2)19(24)22-16-10-14(20)7-8-17(16)25-3/h4-10,13H,11H2,1-3H3,(H,21,23)(H,22,24). The summed E-state index contributed by atoms with van der Waals surface area (Å²) in [5.74, 6) is 0.325. The Balaban J connectivity index is 1.87. The number of nitrogens with one attached hydrogen (secondary N) is 2. The zero-order chi connectivity index (χ0) is 19.1. The van der Waals surface area contributed by atoms with Crippen molar-refractivity contribution in [3.8, 4) is 5.75 Å². The Morgan fingerprint density at radius 2 is 1.96 bits per heavy atom. The Bertz CT molecular complexity index is 798. The molecule has 0 spiro atoms. The van der Waals surface area contributed by atoms with E-state index in [0.29, 0.717) is 16.5 Å². The number of hydrogen-bond donors (Lipinski definition) is 2. The van der Waals surface area contributed by atoms with Crippen LogP contribution >= 0.6 is 23.4 Å². The lowest BCUT2D eigenvalue weighted by molar-refractivity contribution is -0.115. The van der Waals surface area contributed by atoms with Crippen molar-refractivity contribution in [3.05, 3.63) is 53.1 Å². The highest BCUT2D eigenvalue weighted by molar-refractivity contribution is 8.01. The minimum Gasteiger partial charge on any atom is -0.495 e. The largest absolute Gasteiger partial charge is 0.495 e. The number of thioether (sulfide) groups is 1. The first-order valence-corrected chi connectivity index (χ1v) is 9.44. The van der Waals surface area contributed by atoms with E-state index in [1.54, 1.807) is 25.1 Å². The number of anilines is 2. The van der Waals surface area contributed by atoms with E-state index in [4.69, 9.17) is 16.3 Å². The maximum atomic E-state index is 12.3. The SMILES string of the molecule is COc1ccc(Cl)cc1NC(=O)C(C)SCC(=O)Nc1cccc(C)c1. The molecule has 2 N–H and O–H groups in total. The first-order chi connectivity index (χ1) is 12.4. The lowest BCUT2D eigenvalue weighted by Crippen LogP contribution is -2.25. The molecule has 2 aromatic rings. The van der Waals surface area contributed by atoms with Gasteiger partial charge in [0.05, 0.1) is 23.8 Å².